The maximum absolute atomic E-state index is 13.1. The molecule has 0 bridgehead atoms. The monoisotopic (exact) mass is 316 g/mol. The van der Waals surface area contributed by atoms with Gasteiger partial charge in [0, 0.05) is 12.5 Å². The van der Waals surface area contributed by atoms with Gasteiger partial charge in [0.15, 0.2) is 0 Å². The van der Waals surface area contributed by atoms with E-state index in [0.717, 1.165) is 5.56 Å². The number of aromatic nitrogens is 2. The van der Waals surface area contributed by atoms with E-state index >= 15 is 0 Å². The van der Waals surface area contributed by atoms with Gasteiger partial charge < -0.3 is 9.63 Å². The molecule has 0 radical (unpaired) electrons. The molecule has 1 atom stereocenters. The van der Waals surface area contributed by atoms with E-state index < -0.39 is 17.9 Å². The van der Waals surface area contributed by atoms with Crippen molar-refractivity contribution in [1.29, 1.82) is 0 Å². The van der Waals surface area contributed by atoms with Crippen LogP contribution in [0.1, 0.15) is 30.0 Å². The van der Waals surface area contributed by atoms with Gasteiger partial charge >= 0.3 is 5.92 Å². The van der Waals surface area contributed by atoms with Crippen LogP contribution in [0.4, 0.5) is 8.78 Å². The van der Waals surface area contributed by atoms with E-state index in [-0.39, 0.29) is 5.82 Å². The normalized spacial score (nSPS) is 13.0. The lowest BCUT2D eigenvalue weighted by Gasteiger charge is -2.11. The van der Waals surface area contributed by atoms with Gasteiger partial charge in [-0.1, -0.05) is 59.8 Å². The van der Waals surface area contributed by atoms with Gasteiger partial charge in [-0.05, 0) is 11.1 Å². The molecule has 3 rings (SSSR count). The molecule has 3 aromatic rings. The summed E-state index contributed by atoms with van der Waals surface area (Å²) in [4.78, 5) is 3.69. The highest BCUT2D eigenvalue weighted by atomic mass is 19.3. The lowest BCUT2D eigenvalue weighted by Crippen LogP contribution is -2.07. The summed E-state index contributed by atoms with van der Waals surface area (Å²) in [5.41, 5.74) is 1.99. The summed E-state index contributed by atoms with van der Waals surface area (Å²) >= 11 is 0. The van der Waals surface area contributed by atoms with Crippen molar-refractivity contribution in [1.82, 2.24) is 10.1 Å². The summed E-state index contributed by atoms with van der Waals surface area (Å²) in [5.74, 6) is -3.81. The van der Waals surface area contributed by atoms with Crippen LogP contribution in [0.5, 0.6) is 0 Å². The predicted octanol–water partition coefficient (Wildman–Crippen LogP) is 3.93. The predicted molar refractivity (Wildman–Crippen MR) is 79.8 cm³/mol. The van der Waals surface area contributed by atoms with Crippen LogP contribution in [0.3, 0.4) is 0 Å². The fourth-order valence-corrected chi connectivity index (χ4v) is 2.16. The molecule has 23 heavy (non-hydrogen) atoms. The molecule has 0 saturated carbocycles. The van der Waals surface area contributed by atoms with E-state index in [0.29, 0.717) is 18.1 Å². The molecule has 2 aromatic carbocycles. The zero-order valence-electron chi connectivity index (χ0n) is 12.3. The standard InChI is InChI=1S/C17H14F2N2O2/c1-17(18,19)16-20-15(21-23-16)13-9-7-12(8-10-13)14(22)11-5-3-2-4-6-11/h2-10,14,22H,1H3. The van der Waals surface area contributed by atoms with Crippen LogP contribution in [0.2, 0.25) is 0 Å². The zero-order valence-corrected chi connectivity index (χ0v) is 12.3. The number of alkyl halides is 2. The third-order valence-electron chi connectivity index (χ3n) is 3.40. The van der Waals surface area contributed by atoms with Crippen LogP contribution in [0.25, 0.3) is 11.4 Å². The number of nitrogens with zero attached hydrogens (tertiary/aromatic N) is 2. The highest BCUT2D eigenvalue weighted by Crippen LogP contribution is 2.28. The molecule has 0 aliphatic carbocycles. The number of aliphatic hydroxyl groups excluding tert-OH is 1. The van der Waals surface area contributed by atoms with E-state index in [1.54, 1.807) is 24.3 Å². The molecule has 118 valence electrons. The van der Waals surface area contributed by atoms with E-state index in [1.165, 1.54) is 0 Å². The second-order valence-corrected chi connectivity index (χ2v) is 5.25. The number of halogens is 2. The molecular weight excluding hydrogens is 302 g/mol. The van der Waals surface area contributed by atoms with Crippen LogP contribution in [0, 0.1) is 0 Å². The Labute approximate surface area is 131 Å². The fraction of sp³-hybridized carbons (Fsp3) is 0.176. The number of aliphatic hydroxyl groups is 1. The Bertz CT molecular complexity index is 780. The highest BCUT2D eigenvalue weighted by Gasteiger charge is 2.32. The van der Waals surface area contributed by atoms with Crippen molar-refractivity contribution in [3.8, 4) is 11.4 Å². The number of rotatable bonds is 4. The second-order valence-electron chi connectivity index (χ2n) is 5.25. The van der Waals surface area contributed by atoms with Crippen molar-refractivity contribution in [2.75, 3.05) is 0 Å². The van der Waals surface area contributed by atoms with Gasteiger partial charge in [0.1, 0.15) is 6.10 Å². The molecular formula is C17H14F2N2O2. The van der Waals surface area contributed by atoms with Crippen molar-refractivity contribution in [2.45, 2.75) is 19.0 Å². The summed E-state index contributed by atoms with van der Waals surface area (Å²) in [6.07, 6.45) is -0.758. The van der Waals surface area contributed by atoms with Gasteiger partial charge in [-0.3, -0.25) is 0 Å². The maximum atomic E-state index is 13.1. The molecule has 1 aromatic heterocycles. The van der Waals surface area contributed by atoms with Gasteiger partial charge in [-0.2, -0.15) is 13.8 Å². The summed E-state index contributed by atoms with van der Waals surface area (Å²) in [6, 6.07) is 15.9. The van der Waals surface area contributed by atoms with Crippen LogP contribution in [-0.2, 0) is 5.92 Å². The molecule has 1 unspecified atom stereocenters. The molecule has 4 nitrogen and oxygen atoms in total. The van der Waals surface area contributed by atoms with Gasteiger partial charge in [0.05, 0.1) is 0 Å². The van der Waals surface area contributed by atoms with Gasteiger partial charge in [0.25, 0.3) is 5.89 Å². The minimum Gasteiger partial charge on any atom is -0.384 e. The van der Waals surface area contributed by atoms with Crippen molar-refractivity contribution in [3.63, 3.8) is 0 Å². The average molecular weight is 316 g/mol. The lowest BCUT2D eigenvalue weighted by atomic mass is 10.0. The smallest absolute Gasteiger partial charge is 0.322 e. The minimum atomic E-state index is -3.17. The Hall–Kier alpha value is -2.60. The quantitative estimate of drug-likeness (QED) is 0.792. The second kappa shape index (κ2) is 5.89. The molecule has 1 N–H and O–H groups in total. The zero-order chi connectivity index (χ0) is 16.4. The summed E-state index contributed by atoms with van der Waals surface area (Å²) in [7, 11) is 0. The van der Waals surface area contributed by atoms with Crippen LogP contribution < -0.4 is 0 Å². The van der Waals surface area contributed by atoms with Crippen molar-refractivity contribution >= 4 is 0 Å². The number of hydrogen-bond donors (Lipinski definition) is 1. The average Bonchev–Trinajstić information content (AvgIpc) is 3.05. The van der Waals surface area contributed by atoms with Crippen LogP contribution >= 0.6 is 0 Å². The Balaban J connectivity index is 1.84. The lowest BCUT2D eigenvalue weighted by molar-refractivity contribution is -0.0158. The molecule has 0 spiro atoms. The van der Waals surface area contributed by atoms with Crippen molar-refractivity contribution in [3.05, 3.63) is 71.6 Å². The first-order valence-corrected chi connectivity index (χ1v) is 7.00. The van der Waals surface area contributed by atoms with Gasteiger partial charge in [-0.25, -0.2) is 0 Å². The van der Waals surface area contributed by atoms with E-state index in [1.807, 2.05) is 30.3 Å². The van der Waals surface area contributed by atoms with Crippen LogP contribution in [-0.4, -0.2) is 15.2 Å². The Morgan fingerprint density at radius 3 is 2.17 bits per heavy atom. The molecule has 0 aliphatic heterocycles. The van der Waals surface area contributed by atoms with Crippen LogP contribution in [0.15, 0.2) is 59.1 Å². The third-order valence-corrected chi connectivity index (χ3v) is 3.40. The summed E-state index contributed by atoms with van der Waals surface area (Å²) in [5, 5.41) is 13.9. The molecule has 1 heterocycles. The molecule has 0 aliphatic rings. The van der Waals surface area contributed by atoms with E-state index in [4.69, 9.17) is 0 Å². The van der Waals surface area contributed by atoms with E-state index in [9.17, 15) is 13.9 Å². The first-order chi connectivity index (χ1) is 10.9. The summed E-state index contributed by atoms with van der Waals surface area (Å²) < 4.78 is 30.8. The fourth-order valence-electron chi connectivity index (χ4n) is 2.16. The first-order valence-electron chi connectivity index (χ1n) is 7.00. The Morgan fingerprint density at radius 2 is 1.61 bits per heavy atom. The summed E-state index contributed by atoms with van der Waals surface area (Å²) in [6.45, 7) is 0.698. The number of benzene rings is 2. The highest BCUT2D eigenvalue weighted by molar-refractivity contribution is 5.55. The first kappa shape index (κ1) is 15.3. The minimum absolute atomic E-state index is 0.0854. The van der Waals surface area contributed by atoms with Gasteiger partial charge in [0.2, 0.25) is 5.82 Å². The molecule has 0 saturated heterocycles. The SMILES string of the molecule is CC(F)(F)c1nc(-c2ccc(C(O)c3ccccc3)cc2)no1. The maximum Gasteiger partial charge on any atom is 0.322 e. The Morgan fingerprint density at radius 1 is 1.00 bits per heavy atom. The number of hydrogen-bond acceptors (Lipinski definition) is 4. The third kappa shape index (κ3) is 3.27. The molecule has 6 heteroatoms. The van der Waals surface area contributed by atoms with Crippen molar-refractivity contribution in [2.24, 2.45) is 0 Å². The Kier molecular flexibility index (Phi) is 3.92. The molecule has 0 fully saturated rings. The van der Waals surface area contributed by atoms with E-state index in [2.05, 4.69) is 14.7 Å². The van der Waals surface area contributed by atoms with Crippen molar-refractivity contribution < 1.29 is 18.4 Å². The van der Waals surface area contributed by atoms with Gasteiger partial charge in [-0.15, -0.1) is 0 Å². The topological polar surface area (TPSA) is 59.2 Å². The molecule has 0 amide bonds. The largest absolute Gasteiger partial charge is 0.384 e.